The zero-order valence-electron chi connectivity index (χ0n) is 10.1. The number of phenolic OH excluding ortho intramolecular Hbond substituents is 1. The normalized spacial score (nSPS) is 15.3. The highest BCUT2D eigenvalue weighted by Gasteiger charge is 2.27. The number of Topliss-reactive ketones (excluding diaryl/α,β-unsaturated/α-hetero) is 1. The summed E-state index contributed by atoms with van der Waals surface area (Å²) in [5, 5.41) is 10.2. The second kappa shape index (κ2) is 4.85. The number of aromatic hydroxyl groups is 1. The topological polar surface area (TPSA) is 46.5 Å². The van der Waals surface area contributed by atoms with E-state index in [0.29, 0.717) is 26.9 Å². The number of phenols is 1. The maximum Gasteiger partial charge on any atom is 0.231 e. The van der Waals surface area contributed by atoms with Crippen LogP contribution in [0.3, 0.4) is 0 Å². The lowest BCUT2D eigenvalue weighted by molar-refractivity contribution is 0.101. The third-order valence-electron chi connectivity index (χ3n) is 2.92. The molecular formula is C15H8Cl2O3. The van der Waals surface area contributed by atoms with Crippen LogP contribution in [0.1, 0.15) is 15.9 Å². The Kier molecular flexibility index (Phi) is 3.16. The summed E-state index contributed by atoms with van der Waals surface area (Å²) >= 11 is 12.0. The van der Waals surface area contributed by atoms with E-state index in [0.717, 1.165) is 0 Å². The molecule has 0 aliphatic carbocycles. The summed E-state index contributed by atoms with van der Waals surface area (Å²) < 4.78 is 5.45. The fourth-order valence-electron chi connectivity index (χ4n) is 1.95. The Morgan fingerprint density at radius 1 is 1.15 bits per heavy atom. The van der Waals surface area contributed by atoms with Crippen LogP contribution >= 0.6 is 23.2 Å². The van der Waals surface area contributed by atoms with Gasteiger partial charge in [0, 0.05) is 6.07 Å². The van der Waals surface area contributed by atoms with Gasteiger partial charge in [0.05, 0.1) is 15.6 Å². The number of halogens is 2. The highest BCUT2D eigenvalue weighted by Crippen LogP contribution is 2.35. The molecule has 2 aromatic carbocycles. The standard InChI is InChI=1S/C15H8Cl2O3/c16-11-3-1-2-8(14(11)17)6-13-15(19)10-5-4-9(18)7-12(10)20-13/h1-7,18H. The highest BCUT2D eigenvalue weighted by molar-refractivity contribution is 6.43. The molecule has 2 aromatic rings. The van der Waals surface area contributed by atoms with E-state index in [1.54, 1.807) is 18.2 Å². The molecule has 100 valence electrons. The van der Waals surface area contributed by atoms with E-state index in [4.69, 9.17) is 27.9 Å². The molecule has 0 radical (unpaired) electrons. The van der Waals surface area contributed by atoms with E-state index in [1.165, 1.54) is 24.3 Å². The van der Waals surface area contributed by atoms with Gasteiger partial charge >= 0.3 is 0 Å². The van der Waals surface area contributed by atoms with Gasteiger partial charge in [0.15, 0.2) is 5.76 Å². The van der Waals surface area contributed by atoms with Gasteiger partial charge < -0.3 is 9.84 Å². The lowest BCUT2D eigenvalue weighted by atomic mass is 10.1. The second-order valence-corrected chi connectivity index (χ2v) is 5.05. The van der Waals surface area contributed by atoms with Crippen LogP contribution in [0.4, 0.5) is 0 Å². The van der Waals surface area contributed by atoms with Crippen molar-refractivity contribution in [3.8, 4) is 11.5 Å². The van der Waals surface area contributed by atoms with Gasteiger partial charge in [0.25, 0.3) is 0 Å². The SMILES string of the molecule is O=C1C(=Cc2cccc(Cl)c2Cl)Oc2cc(O)ccc21. The number of ketones is 1. The first-order valence-corrected chi connectivity index (χ1v) is 6.53. The molecule has 1 aliphatic heterocycles. The van der Waals surface area contributed by atoms with Crippen molar-refractivity contribution in [2.45, 2.75) is 0 Å². The van der Waals surface area contributed by atoms with Crippen molar-refractivity contribution >= 4 is 35.1 Å². The lowest BCUT2D eigenvalue weighted by Crippen LogP contribution is -1.98. The fourth-order valence-corrected chi connectivity index (χ4v) is 2.31. The summed E-state index contributed by atoms with van der Waals surface area (Å²) in [7, 11) is 0. The average Bonchev–Trinajstić information content (AvgIpc) is 2.71. The summed E-state index contributed by atoms with van der Waals surface area (Å²) in [6.07, 6.45) is 1.54. The van der Waals surface area contributed by atoms with Gasteiger partial charge in [-0.15, -0.1) is 0 Å². The van der Waals surface area contributed by atoms with Gasteiger partial charge in [0.1, 0.15) is 11.5 Å². The summed E-state index contributed by atoms with van der Waals surface area (Å²) in [4.78, 5) is 12.2. The highest BCUT2D eigenvalue weighted by atomic mass is 35.5. The molecule has 0 unspecified atom stereocenters. The molecule has 3 nitrogen and oxygen atoms in total. The lowest BCUT2D eigenvalue weighted by Gasteiger charge is -2.02. The van der Waals surface area contributed by atoms with Gasteiger partial charge in [0.2, 0.25) is 5.78 Å². The van der Waals surface area contributed by atoms with Crippen LogP contribution in [0.5, 0.6) is 11.5 Å². The first-order valence-electron chi connectivity index (χ1n) is 5.77. The Morgan fingerprint density at radius 2 is 1.95 bits per heavy atom. The van der Waals surface area contributed by atoms with Crippen LogP contribution in [-0.2, 0) is 0 Å². The maximum absolute atomic E-state index is 12.2. The Hall–Kier alpha value is -1.97. The molecule has 1 heterocycles. The van der Waals surface area contributed by atoms with E-state index in [9.17, 15) is 9.90 Å². The Bertz CT molecular complexity index is 751. The molecule has 0 spiro atoms. The van der Waals surface area contributed by atoms with Crippen LogP contribution in [0.25, 0.3) is 6.08 Å². The van der Waals surface area contributed by atoms with Crippen LogP contribution < -0.4 is 4.74 Å². The van der Waals surface area contributed by atoms with Crippen molar-refractivity contribution in [2.24, 2.45) is 0 Å². The predicted molar refractivity (Wildman–Crippen MR) is 77.5 cm³/mol. The molecule has 1 aliphatic rings. The molecule has 5 heteroatoms. The number of benzene rings is 2. The van der Waals surface area contributed by atoms with E-state index in [-0.39, 0.29) is 17.3 Å². The number of allylic oxidation sites excluding steroid dienone is 1. The largest absolute Gasteiger partial charge is 0.508 e. The number of hydrogen-bond acceptors (Lipinski definition) is 3. The Labute approximate surface area is 125 Å². The molecule has 3 rings (SSSR count). The summed E-state index contributed by atoms with van der Waals surface area (Å²) in [5.74, 6) is 0.267. The molecule has 0 bridgehead atoms. The molecular weight excluding hydrogens is 299 g/mol. The Balaban J connectivity index is 2.03. The third-order valence-corrected chi connectivity index (χ3v) is 3.76. The van der Waals surface area contributed by atoms with Gasteiger partial charge in [-0.25, -0.2) is 0 Å². The van der Waals surface area contributed by atoms with Crippen molar-refractivity contribution in [1.82, 2.24) is 0 Å². The van der Waals surface area contributed by atoms with Gasteiger partial charge in [-0.05, 0) is 29.8 Å². The van der Waals surface area contributed by atoms with Gasteiger partial charge in [-0.2, -0.15) is 0 Å². The molecule has 0 saturated heterocycles. The second-order valence-electron chi connectivity index (χ2n) is 4.26. The van der Waals surface area contributed by atoms with Crippen molar-refractivity contribution in [1.29, 1.82) is 0 Å². The van der Waals surface area contributed by atoms with Gasteiger partial charge in [-0.1, -0.05) is 35.3 Å². The molecule has 0 saturated carbocycles. The van der Waals surface area contributed by atoms with E-state index in [2.05, 4.69) is 0 Å². The van der Waals surface area contributed by atoms with Crippen LogP contribution in [-0.4, -0.2) is 10.9 Å². The van der Waals surface area contributed by atoms with E-state index < -0.39 is 0 Å². The first-order chi connectivity index (χ1) is 9.56. The fraction of sp³-hybridized carbons (Fsp3) is 0. The molecule has 0 fully saturated rings. The van der Waals surface area contributed by atoms with Crippen molar-refractivity contribution < 1.29 is 14.6 Å². The van der Waals surface area contributed by atoms with Crippen LogP contribution in [0, 0.1) is 0 Å². The number of carbonyl (C=O) groups excluding carboxylic acids is 1. The van der Waals surface area contributed by atoms with Crippen molar-refractivity contribution in [3.05, 3.63) is 63.3 Å². The molecule has 20 heavy (non-hydrogen) atoms. The van der Waals surface area contributed by atoms with Crippen LogP contribution in [0.2, 0.25) is 10.0 Å². The predicted octanol–water partition coefficient (Wildman–Crippen LogP) is 4.32. The van der Waals surface area contributed by atoms with Crippen molar-refractivity contribution in [3.63, 3.8) is 0 Å². The average molecular weight is 307 g/mol. The first kappa shape index (κ1) is 13.0. The summed E-state index contributed by atoms with van der Waals surface area (Å²) in [6, 6.07) is 9.49. The van der Waals surface area contributed by atoms with E-state index in [1.807, 2.05) is 0 Å². The number of carbonyl (C=O) groups is 1. The molecule has 1 N–H and O–H groups in total. The number of hydrogen-bond donors (Lipinski definition) is 1. The van der Waals surface area contributed by atoms with Gasteiger partial charge in [-0.3, -0.25) is 4.79 Å². The number of ether oxygens (including phenoxy) is 1. The minimum Gasteiger partial charge on any atom is -0.508 e. The van der Waals surface area contributed by atoms with Crippen LogP contribution in [0.15, 0.2) is 42.2 Å². The van der Waals surface area contributed by atoms with Crippen molar-refractivity contribution in [2.75, 3.05) is 0 Å². The van der Waals surface area contributed by atoms with E-state index >= 15 is 0 Å². The zero-order valence-corrected chi connectivity index (χ0v) is 11.6. The summed E-state index contributed by atoms with van der Waals surface area (Å²) in [5.41, 5.74) is 1.01. The number of rotatable bonds is 1. The molecule has 0 aromatic heterocycles. The monoisotopic (exact) mass is 306 g/mol. The smallest absolute Gasteiger partial charge is 0.231 e. The number of fused-ring (bicyclic) bond motifs is 1. The minimum atomic E-state index is -0.254. The third kappa shape index (κ3) is 2.15. The maximum atomic E-state index is 12.2. The molecule has 0 atom stereocenters. The summed E-state index contributed by atoms with van der Waals surface area (Å²) in [6.45, 7) is 0. The minimum absolute atomic E-state index is 0.0404. The zero-order chi connectivity index (χ0) is 14.3. The quantitative estimate of drug-likeness (QED) is 0.798. The Morgan fingerprint density at radius 3 is 2.75 bits per heavy atom. The molecule has 0 amide bonds.